The molecule has 0 spiro atoms. The number of nitrogens with zero attached hydrogens (tertiary/aromatic N) is 2. The van der Waals surface area contributed by atoms with Crippen LogP contribution in [-0.2, 0) is 20.9 Å². The summed E-state index contributed by atoms with van der Waals surface area (Å²) in [4.78, 5) is 39.5. The Morgan fingerprint density at radius 1 is 1.04 bits per heavy atom. The molecule has 3 rings (SSSR count). The highest BCUT2D eigenvalue weighted by Gasteiger charge is 2.33. The average Bonchev–Trinajstić information content (AvgIpc) is 2.63. The lowest BCUT2D eigenvalue weighted by molar-refractivity contribution is -0.157. The normalized spacial score (nSPS) is 14.4. The molecule has 0 aliphatic carbocycles. The average molecular weight is 369 g/mol. The van der Waals surface area contributed by atoms with Crippen LogP contribution in [0.1, 0.15) is 11.1 Å². The van der Waals surface area contributed by atoms with Crippen LogP contribution in [0.5, 0.6) is 0 Å². The molecule has 0 radical (unpaired) electrons. The zero-order chi connectivity index (χ0) is 19.4. The summed E-state index contributed by atoms with van der Waals surface area (Å²) in [6.45, 7) is 2.56. The van der Waals surface area contributed by atoms with Crippen LogP contribution in [0.4, 0.5) is 10.1 Å². The molecule has 2 aromatic rings. The van der Waals surface area contributed by atoms with Crippen molar-refractivity contribution in [2.24, 2.45) is 0 Å². The van der Waals surface area contributed by atoms with Gasteiger partial charge < -0.3 is 15.1 Å². The smallest absolute Gasteiger partial charge is 0.312 e. The van der Waals surface area contributed by atoms with E-state index in [4.69, 9.17) is 0 Å². The quantitative estimate of drug-likeness (QED) is 0.819. The number of carbonyl (C=O) groups is 3. The van der Waals surface area contributed by atoms with E-state index in [2.05, 4.69) is 5.32 Å². The van der Waals surface area contributed by atoms with Crippen molar-refractivity contribution in [3.8, 4) is 0 Å². The molecule has 2 aromatic carbocycles. The van der Waals surface area contributed by atoms with Crippen LogP contribution in [0, 0.1) is 12.7 Å². The Morgan fingerprint density at radius 2 is 1.70 bits per heavy atom. The standard InChI is InChI=1S/C20H20FN3O3/c1-14-3-2-4-17(11-14)22-18(25)13-24-10-9-23(19(26)20(24)27)12-15-5-7-16(21)8-6-15/h2-8,11H,9-10,12-13H2,1H3,(H,22,25). The zero-order valence-electron chi connectivity index (χ0n) is 14.9. The van der Waals surface area contributed by atoms with E-state index >= 15 is 0 Å². The van der Waals surface area contributed by atoms with Gasteiger partial charge in [0, 0.05) is 25.3 Å². The van der Waals surface area contributed by atoms with Gasteiger partial charge in [0.2, 0.25) is 5.91 Å². The topological polar surface area (TPSA) is 69.7 Å². The second-order valence-electron chi connectivity index (χ2n) is 6.50. The van der Waals surface area contributed by atoms with Crippen LogP contribution in [0.25, 0.3) is 0 Å². The van der Waals surface area contributed by atoms with Crippen molar-refractivity contribution in [3.05, 3.63) is 65.5 Å². The molecule has 1 N–H and O–H groups in total. The molecule has 1 saturated heterocycles. The van der Waals surface area contributed by atoms with Crippen molar-refractivity contribution in [3.63, 3.8) is 0 Å². The first-order valence-corrected chi connectivity index (χ1v) is 8.61. The van der Waals surface area contributed by atoms with Crippen molar-refractivity contribution in [2.45, 2.75) is 13.5 Å². The molecule has 0 atom stereocenters. The summed E-state index contributed by atoms with van der Waals surface area (Å²) < 4.78 is 13.0. The maximum atomic E-state index is 13.0. The van der Waals surface area contributed by atoms with Crippen molar-refractivity contribution in [1.82, 2.24) is 9.80 Å². The first-order chi connectivity index (χ1) is 12.9. The Bertz CT molecular complexity index is 867. The number of benzene rings is 2. The van der Waals surface area contributed by atoms with E-state index in [0.717, 1.165) is 11.1 Å². The summed E-state index contributed by atoms with van der Waals surface area (Å²) >= 11 is 0. The van der Waals surface area contributed by atoms with Crippen LogP contribution in [0.15, 0.2) is 48.5 Å². The third-order valence-corrected chi connectivity index (χ3v) is 4.32. The van der Waals surface area contributed by atoms with E-state index in [-0.39, 0.29) is 31.4 Å². The molecule has 1 fully saturated rings. The van der Waals surface area contributed by atoms with Crippen molar-refractivity contribution < 1.29 is 18.8 Å². The number of piperazine rings is 1. The predicted octanol–water partition coefficient (Wildman–Crippen LogP) is 1.94. The molecule has 0 bridgehead atoms. The molecule has 0 aromatic heterocycles. The molecule has 7 heteroatoms. The van der Waals surface area contributed by atoms with E-state index in [1.165, 1.54) is 21.9 Å². The lowest BCUT2D eigenvalue weighted by Gasteiger charge is -2.33. The summed E-state index contributed by atoms with van der Waals surface area (Å²) in [5.41, 5.74) is 2.39. The van der Waals surface area contributed by atoms with Gasteiger partial charge in [-0.15, -0.1) is 0 Å². The van der Waals surface area contributed by atoms with Crippen LogP contribution >= 0.6 is 0 Å². The Labute approximate surface area is 156 Å². The highest BCUT2D eigenvalue weighted by molar-refractivity contribution is 6.35. The number of carbonyl (C=O) groups excluding carboxylic acids is 3. The van der Waals surface area contributed by atoms with Gasteiger partial charge in [-0.3, -0.25) is 14.4 Å². The number of halogens is 1. The molecule has 1 aliphatic rings. The molecule has 140 valence electrons. The van der Waals surface area contributed by atoms with Gasteiger partial charge in [-0.05, 0) is 42.3 Å². The number of rotatable bonds is 5. The predicted molar refractivity (Wildman–Crippen MR) is 98.2 cm³/mol. The second kappa shape index (κ2) is 7.99. The monoisotopic (exact) mass is 369 g/mol. The molecule has 3 amide bonds. The summed E-state index contributed by atoms with van der Waals surface area (Å²) in [5.74, 6) is -2.07. The van der Waals surface area contributed by atoms with Crippen molar-refractivity contribution in [1.29, 1.82) is 0 Å². The highest BCUT2D eigenvalue weighted by Crippen LogP contribution is 2.13. The van der Waals surface area contributed by atoms with Gasteiger partial charge in [-0.1, -0.05) is 24.3 Å². The van der Waals surface area contributed by atoms with E-state index in [0.29, 0.717) is 12.2 Å². The number of hydrogen-bond donors (Lipinski definition) is 1. The number of aryl methyl sites for hydroxylation is 1. The third-order valence-electron chi connectivity index (χ3n) is 4.32. The zero-order valence-corrected chi connectivity index (χ0v) is 14.9. The number of amides is 3. The van der Waals surface area contributed by atoms with E-state index in [9.17, 15) is 18.8 Å². The third kappa shape index (κ3) is 4.69. The highest BCUT2D eigenvalue weighted by atomic mass is 19.1. The molecular formula is C20H20FN3O3. The van der Waals surface area contributed by atoms with Gasteiger partial charge in [0.15, 0.2) is 0 Å². The SMILES string of the molecule is Cc1cccc(NC(=O)CN2CCN(Cc3ccc(F)cc3)C(=O)C2=O)c1. The van der Waals surface area contributed by atoms with Crippen LogP contribution in [0.2, 0.25) is 0 Å². The van der Waals surface area contributed by atoms with E-state index in [1.807, 2.05) is 25.1 Å². The summed E-state index contributed by atoms with van der Waals surface area (Å²) in [5, 5.41) is 2.73. The minimum absolute atomic E-state index is 0.178. The fourth-order valence-corrected chi connectivity index (χ4v) is 2.92. The lowest BCUT2D eigenvalue weighted by atomic mass is 10.2. The maximum Gasteiger partial charge on any atom is 0.312 e. The minimum Gasteiger partial charge on any atom is -0.328 e. The van der Waals surface area contributed by atoms with Crippen LogP contribution < -0.4 is 5.32 Å². The Hall–Kier alpha value is -3.22. The molecule has 1 heterocycles. The summed E-state index contributed by atoms with van der Waals surface area (Å²) in [6, 6.07) is 13.1. The Balaban J connectivity index is 1.56. The van der Waals surface area contributed by atoms with Crippen molar-refractivity contribution >= 4 is 23.4 Å². The van der Waals surface area contributed by atoms with Gasteiger partial charge in [0.1, 0.15) is 12.4 Å². The van der Waals surface area contributed by atoms with Gasteiger partial charge in [-0.25, -0.2) is 4.39 Å². The first kappa shape index (κ1) is 18.6. The fourth-order valence-electron chi connectivity index (χ4n) is 2.92. The number of anilines is 1. The van der Waals surface area contributed by atoms with E-state index in [1.54, 1.807) is 18.2 Å². The molecule has 0 saturated carbocycles. The molecular weight excluding hydrogens is 349 g/mol. The van der Waals surface area contributed by atoms with Crippen LogP contribution in [-0.4, -0.2) is 47.2 Å². The lowest BCUT2D eigenvalue weighted by Crippen LogP contribution is -2.55. The maximum absolute atomic E-state index is 13.0. The summed E-state index contributed by atoms with van der Waals surface area (Å²) in [7, 11) is 0. The van der Waals surface area contributed by atoms with Crippen molar-refractivity contribution in [2.75, 3.05) is 25.0 Å². The van der Waals surface area contributed by atoms with Gasteiger partial charge >= 0.3 is 11.8 Å². The fraction of sp³-hybridized carbons (Fsp3) is 0.250. The van der Waals surface area contributed by atoms with Gasteiger partial charge in [0.25, 0.3) is 0 Å². The molecule has 27 heavy (non-hydrogen) atoms. The second-order valence-corrected chi connectivity index (χ2v) is 6.50. The van der Waals surface area contributed by atoms with Gasteiger partial charge in [0.05, 0.1) is 0 Å². The summed E-state index contributed by atoms with van der Waals surface area (Å²) in [6.07, 6.45) is 0. The Morgan fingerprint density at radius 3 is 2.41 bits per heavy atom. The largest absolute Gasteiger partial charge is 0.328 e. The number of nitrogens with one attached hydrogen (secondary N) is 1. The minimum atomic E-state index is -0.706. The van der Waals surface area contributed by atoms with Crippen LogP contribution in [0.3, 0.4) is 0 Å². The molecule has 6 nitrogen and oxygen atoms in total. The van der Waals surface area contributed by atoms with E-state index < -0.39 is 11.8 Å². The Kier molecular flexibility index (Phi) is 5.49. The van der Waals surface area contributed by atoms with Gasteiger partial charge in [-0.2, -0.15) is 0 Å². The first-order valence-electron chi connectivity index (χ1n) is 8.61. The molecule has 1 aliphatic heterocycles. The number of hydrogen-bond acceptors (Lipinski definition) is 3. The molecule has 0 unspecified atom stereocenters.